The molecule has 0 saturated heterocycles. The molecular formula is C8H8N2O2. The van der Waals surface area contributed by atoms with Crippen LogP contribution in [0, 0.1) is 6.57 Å². The highest BCUT2D eigenvalue weighted by molar-refractivity contribution is 5.41. The van der Waals surface area contributed by atoms with Gasteiger partial charge in [-0.15, -0.1) is 4.98 Å². The molecule has 2 N–H and O–H groups in total. The highest BCUT2D eigenvalue weighted by Crippen LogP contribution is 2.14. The van der Waals surface area contributed by atoms with E-state index in [9.17, 15) is 0 Å². The predicted octanol–water partition coefficient (Wildman–Crippen LogP) is 0.617. The molecule has 0 amide bonds. The van der Waals surface area contributed by atoms with E-state index in [4.69, 9.17) is 16.8 Å². The van der Waals surface area contributed by atoms with Crippen LogP contribution < -0.4 is 0 Å². The van der Waals surface area contributed by atoms with Gasteiger partial charge in [-0.1, -0.05) is 6.57 Å². The minimum absolute atomic E-state index is 0.166. The van der Waals surface area contributed by atoms with Crippen LogP contribution >= 0.6 is 0 Å². The topological polar surface area (TPSA) is 57.7 Å². The molecule has 0 fully saturated rings. The lowest BCUT2D eigenvalue weighted by atomic mass is 10.1. The molecule has 0 aliphatic rings. The fraction of sp³-hybridized carbons (Fsp3) is 0.250. The largest absolute Gasteiger partial charge is 0.392 e. The van der Waals surface area contributed by atoms with E-state index in [-0.39, 0.29) is 19.0 Å². The Labute approximate surface area is 69.9 Å². The zero-order valence-corrected chi connectivity index (χ0v) is 6.36. The van der Waals surface area contributed by atoms with Gasteiger partial charge >= 0.3 is 0 Å². The van der Waals surface area contributed by atoms with Gasteiger partial charge in [0, 0.05) is 5.56 Å². The van der Waals surface area contributed by atoms with Gasteiger partial charge in [0.25, 0.3) is 5.82 Å². The summed E-state index contributed by atoms with van der Waals surface area (Å²) in [5.41, 5.74) is 1.11. The maximum Gasteiger partial charge on any atom is 0.269 e. The molecule has 0 radical (unpaired) electrons. The number of aromatic nitrogens is 1. The number of hydrogen-bond acceptors (Lipinski definition) is 3. The summed E-state index contributed by atoms with van der Waals surface area (Å²) in [6.07, 6.45) is 1.40. The summed E-state index contributed by atoms with van der Waals surface area (Å²) < 4.78 is 0. The van der Waals surface area contributed by atoms with Gasteiger partial charge in [-0.05, 0) is 11.6 Å². The molecule has 0 unspecified atom stereocenters. The SMILES string of the molecule is [C-]#[N+]c1cc(CO)c(CO)cn1. The third-order valence-electron chi connectivity index (χ3n) is 1.52. The second kappa shape index (κ2) is 3.81. The Hall–Kier alpha value is -1.44. The quantitative estimate of drug-likeness (QED) is 0.630. The van der Waals surface area contributed by atoms with Gasteiger partial charge < -0.3 is 15.1 Å². The number of pyridine rings is 1. The third kappa shape index (κ3) is 1.59. The molecule has 4 nitrogen and oxygen atoms in total. The van der Waals surface area contributed by atoms with E-state index in [1.165, 1.54) is 12.3 Å². The van der Waals surface area contributed by atoms with Crippen LogP contribution in [0.5, 0.6) is 0 Å². The summed E-state index contributed by atoms with van der Waals surface area (Å²) in [6, 6.07) is 1.47. The van der Waals surface area contributed by atoms with Gasteiger partial charge in [-0.25, -0.2) is 0 Å². The monoisotopic (exact) mass is 164 g/mol. The van der Waals surface area contributed by atoms with Crippen LogP contribution in [0.4, 0.5) is 5.82 Å². The van der Waals surface area contributed by atoms with Crippen LogP contribution in [0.3, 0.4) is 0 Å². The molecule has 12 heavy (non-hydrogen) atoms. The standard InChI is InChI=1S/C8H8N2O2/c1-9-8-2-6(4-11)7(5-12)3-10-8/h2-3,11-12H,4-5H2. The molecule has 1 rings (SSSR count). The summed E-state index contributed by atoms with van der Waals surface area (Å²) in [5.74, 6) is 0.233. The molecule has 0 saturated carbocycles. The minimum Gasteiger partial charge on any atom is -0.392 e. The Balaban J connectivity index is 3.13. The Morgan fingerprint density at radius 2 is 2.00 bits per heavy atom. The van der Waals surface area contributed by atoms with E-state index in [1.807, 2.05) is 0 Å². The van der Waals surface area contributed by atoms with Gasteiger partial charge in [-0.3, -0.25) is 0 Å². The Morgan fingerprint density at radius 3 is 2.50 bits per heavy atom. The van der Waals surface area contributed by atoms with Gasteiger partial charge in [0.2, 0.25) is 0 Å². The number of rotatable bonds is 2. The summed E-state index contributed by atoms with van der Waals surface area (Å²) in [4.78, 5) is 6.85. The zero-order chi connectivity index (χ0) is 8.97. The fourth-order valence-corrected chi connectivity index (χ4v) is 0.863. The Bertz CT molecular complexity index is 317. The first-order valence-corrected chi connectivity index (χ1v) is 3.38. The van der Waals surface area contributed by atoms with E-state index in [0.717, 1.165) is 0 Å². The average molecular weight is 164 g/mol. The van der Waals surface area contributed by atoms with Crippen molar-refractivity contribution >= 4 is 5.82 Å². The van der Waals surface area contributed by atoms with E-state index in [1.54, 1.807) is 0 Å². The van der Waals surface area contributed by atoms with Gasteiger partial charge in [0.15, 0.2) is 0 Å². The van der Waals surface area contributed by atoms with Crippen LogP contribution in [0.25, 0.3) is 4.85 Å². The van der Waals surface area contributed by atoms with Crippen molar-refractivity contribution in [1.82, 2.24) is 4.98 Å². The van der Waals surface area contributed by atoms with Crippen LogP contribution in [-0.4, -0.2) is 15.2 Å². The lowest BCUT2D eigenvalue weighted by molar-refractivity contribution is 0.259. The summed E-state index contributed by atoms with van der Waals surface area (Å²) in [6.45, 7) is 6.32. The highest BCUT2D eigenvalue weighted by Gasteiger charge is 2.03. The molecule has 62 valence electrons. The van der Waals surface area contributed by atoms with Crippen LogP contribution in [0.1, 0.15) is 11.1 Å². The van der Waals surface area contributed by atoms with Crippen LogP contribution in [0.15, 0.2) is 12.3 Å². The van der Waals surface area contributed by atoms with Crippen molar-refractivity contribution in [2.24, 2.45) is 0 Å². The van der Waals surface area contributed by atoms with Crippen molar-refractivity contribution in [3.8, 4) is 0 Å². The second-order valence-corrected chi connectivity index (χ2v) is 2.24. The molecule has 1 aromatic rings. The normalized spacial score (nSPS) is 9.42. The average Bonchev–Trinajstić information content (AvgIpc) is 2.16. The number of hydrogen-bond donors (Lipinski definition) is 2. The first-order valence-electron chi connectivity index (χ1n) is 3.38. The molecule has 1 aromatic heterocycles. The second-order valence-electron chi connectivity index (χ2n) is 2.24. The number of aliphatic hydroxyl groups excluding tert-OH is 2. The Morgan fingerprint density at radius 1 is 1.33 bits per heavy atom. The van der Waals surface area contributed by atoms with Crippen molar-refractivity contribution in [3.05, 3.63) is 34.8 Å². The predicted molar refractivity (Wildman–Crippen MR) is 42.3 cm³/mol. The maximum absolute atomic E-state index is 8.83. The molecule has 4 heteroatoms. The molecule has 1 heterocycles. The zero-order valence-electron chi connectivity index (χ0n) is 6.36. The summed E-state index contributed by atoms with van der Waals surface area (Å²) in [5, 5.41) is 17.6. The fourth-order valence-electron chi connectivity index (χ4n) is 0.863. The molecule has 0 aliphatic carbocycles. The summed E-state index contributed by atoms with van der Waals surface area (Å²) in [7, 11) is 0. The van der Waals surface area contributed by atoms with Crippen molar-refractivity contribution in [3.63, 3.8) is 0 Å². The first-order chi connectivity index (χ1) is 5.81. The first kappa shape index (κ1) is 8.65. The molecule has 0 aliphatic heterocycles. The van der Waals surface area contributed by atoms with E-state index in [0.29, 0.717) is 11.1 Å². The van der Waals surface area contributed by atoms with E-state index < -0.39 is 0 Å². The molecule has 0 atom stereocenters. The van der Waals surface area contributed by atoms with Crippen molar-refractivity contribution in [2.75, 3.05) is 0 Å². The smallest absolute Gasteiger partial charge is 0.269 e. The van der Waals surface area contributed by atoms with Gasteiger partial charge in [0.05, 0.1) is 13.2 Å². The van der Waals surface area contributed by atoms with Crippen LogP contribution in [0.2, 0.25) is 0 Å². The number of aliphatic hydroxyl groups is 2. The van der Waals surface area contributed by atoms with E-state index in [2.05, 4.69) is 9.83 Å². The molecule has 0 spiro atoms. The maximum atomic E-state index is 8.83. The summed E-state index contributed by atoms with van der Waals surface area (Å²) >= 11 is 0. The van der Waals surface area contributed by atoms with Crippen LogP contribution in [-0.2, 0) is 13.2 Å². The van der Waals surface area contributed by atoms with Gasteiger partial charge in [0.1, 0.15) is 6.20 Å². The Kier molecular flexibility index (Phi) is 2.75. The van der Waals surface area contributed by atoms with Crippen molar-refractivity contribution < 1.29 is 10.2 Å². The molecule has 0 bridgehead atoms. The molecule has 0 aromatic carbocycles. The highest BCUT2D eigenvalue weighted by atomic mass is 16.3. The number of nitrogens with zero attached hydrogens (tertiary/aromatic N) is 2. The lowest BCUT2D eigenvalue weighted by Crippen LogP contribution is -1.94. The third-order valence-corrected chi connectivity index (χ3v) is 1.52. The molecular weight excluding hydrogens is 156 g/mol. The van der Waals surface area contributed by atoms with E-state index >= 15 is 0 Å². The van der Waals surface area contributed by atoms with Crippen molar-refractivity contribution in [1.29, 1.82) is 0 Å². The minimum atomic E-state index is -0.180. The van der Waals surface area contributed by atoms with Crippen molar-refractivity contribution in [2.45, 2.75) is 13.2 Å². The lowest BCUT2D eigenvalue weighted by Gasteiger charge is -2.01. The van der Waals surface area contributed by atoms with Gasteiger partial charge in [-0.2, -0.15) is 0 Å².